The number of ether oxygens (including phenoxy) is 1. The van der Waals surface area contributed by atoms with Crippen LogP contribution in [0.25, 0.3) is 0 Å². The van der Waals surface area contributed by atoms with Gasteiger partial charge in [0.2, 0.25) is 0 Å². The minimum atomic E-state index is -0.403. The second-order valence-electron chi connectivity index (χ2n) is 4.78. The summed E-state index contributed by atoms with van der Waals surface area (Å²) in [4.78, 5) is 18.6. The Kier molecular flexibility index (Phi) is 6.17. The summed E-state index contributed by atoms with van der Waals surface area (Å²) in [6.45, 7) is 2.61. The summed E-state index contributed by atoms with van der Waals surface area (Å²) in [6, 6.07) is 11.0. The van der Waals surface area contributed by atoms with E-state index in [9.17, 15) is 4.79 Å². The Labute approximate surface area is 134 Å². The van der Waals surface area contributed by atoms with Crippen molar-refractivity contribution in [1.29, 1.82) is 0 Å². The van der Waals surface area contributed by atoms with Gasteiger partial charge in [-0.15, -0.1) is 0 Å². The summed E-state index contributed by atoms with van der Waals surface area (Å²) < 4.78 is 5.65. The fraction of sp³-hybridized carbons (Fsp3) is 0.235. The molecule has 2 rings (SSSR count). The highest BCUT2D eigenvalue weighted by Gasteiger charge is 2.01. The maximum Gasteiger partial charge on any atom is 0.319 e. The van der Waals surface area contributed by atoms with Crippen molar-refractivity contribution in [2.75, 3.05) is 11.9 Å². The molecule has 0 saturated heterocycles. The molecule has 120 valence electrons. The van der Waals surface area contributed by atoms with Crippen molar-refractivity contribution < 1.29 is 19.7 Å². The summed E-state index contributed by atoms with van der Waals surface area (Å²) in [5.41, 5.74) is 2.77. The molecule has 1 aromatic carbocycles. The number of nitrogens with zero attached hydrogens (tertiary/aromatic N) is 1. The predicted molar refractivity (Wildman–Crippen MR) is 85.8 cm³/mol. The zero-order chi connectivity index (χ0) is 16.5. The quantitative estimate of drug-likeness (QED) is 0.337. The van der Waals surface area contributed by atoms with E-state index in [1.165, 1.54) is 11.5 Å². The van der Waals surface area contributed by atoms with Crippen LogP contribution in [0, 0.1) is 0 Å². The molecule has 23 heavy (non-hydrogen) atoms. The largest absolute Gasteiger partial charge is 0.493 e. The van der Waals surface area contributed by atoms with E-state index in [0.717, 1.165) is 18.5 Å². The second kappa shape index (κ2) is 8.58. The molecular weight excluding hydrogens is 296 g/mol. The van der Waals surface area contributed by atoms with Crippen molar-refractivity contribution >= 4 is 11.6 Å². The van der Waals surface area contributed by atoms with Crippen LogP contribution in [-0.4, -0.2) is 22.8 Å². The first-order chi connectivity index (χ1) is 11.2. The number of nitrogens with one attached hydrogen (secondary N) is 1. The highest BCUT2D eigenvalue weighted by atomic mass is 17.1. The predicted octanol–water partition coefficient (Wildman–Crippen LogP) is 2.84. The maximum absolute atomic E-state index is 10.4. The summed E-state index contributed by atoms with van der Waals surface area (Å²) >= 11 is 0. The zero-order valence-electron chi connectivity index (χ0n) is 12.8. The molecule has 0 spiro atoms. The van der Waals surface area contributed by atoms with Crippen molar-refractivity contribution in [1.82, 2.24) is 4.98 Å². The van der Waals surface area contributed by atoms with E-state index in [1.54, 1.807) is 24.3 Å². The van der Waals surface area contributed by atoms with Crippen LogP contribution in [-0.2, 0) is 22.5 Å². The summed E-state index contributed by atoms with van der Waals surface area (Å²) in [7, 11) is 0. The van der Waals surface area contributed by atoms with Crippen molar-refractivity contribution in [3.05, 3.63) is 59.7 Å². The van der Waals surface area contributed by atoms with Crippen molar-refractivity contribution in [2.24, 2.45) is 0 Å². The molecule has 6 nitrogen and oxygen atoms in total. The average Bonchev–Trinajstić information content (AvgIpc) is 2.61. The van der Waals surface area contributed by atoms with Gasteiger partial charge in [0.25, 0.3) is 0 Å². The van der Waals surface area contributed by atoms with Gasteiger partial charge < -0.3 is 14.9 Å². The number of hydrogen-bond donors (Lipinski definition) is 2. The molecule has 2 aromatic rings. The molecule has 0 aliphatic heterocycles. The molecule has 2 N–H and O–H groups in total. The van der Waals surface area contributed by atoms with Crippen LogP contribution in [0.4, 0.5) is 5.69 Å². The Balaban J connectivity index is 1.82. The van der Waals surface area contributed by atoms with Gasteiger partial charge in [0.1, 0.15) is 5.75 Å². The number of anilines is 1. The molecule has 6 heteroatoms. The van der Waals surface area contributed by atoms with E-state index >= 15 is 0 Å². The molecule has 1 heterocycles. The van der Waals surface area contributed by atoms with Crippen molar-refractivity contribution in [3.8, 4) is 5.75 Å². The van der Waals surface area contributed by atoms with Crippen molar-refractivity contribution in [2.45, 2.75) is 19.8 Å². The van der Waals surface area contributed by atoms with E-state index in [2.05, 4.69) is 28.2 Å². The number of aromatic nitrogens is 1. The van der Waals surface area contributed by atoms with Crippen LogP contribution in [0.2, 0.25) is 0 Å². The normalized spacial score (nSPS) is 9.83. The second-order valence-corrected chi connectivity index (χ2v) is 4.78. The lowest BCUT2D eigenvalue weighted by atomic mass is 10.2. The van der Waals surface area contributed by atoms with Gasteiger partial charge in [0, 0.05) is 24.0 Å². The Hall–Kier alpha value is -2.82. The van der Waals surface area contributed by atoms with Crippen molar-refractivity contribution in [3.63, 3.8) is 0 Å². The van der Waals surface area contributed by atoms with E-state index in [4.69, 9.17) is 9.99 Å². The molecule has 0 radical (unpaired) electrons. The molecule has 0 fully saturated rings. The van der Waals surface area contributed by atoms with Gasteiger partial charge in [-0.25, -0.2) is 10.1 Å². The first-order valence-corrected chi connectivity index (χ1v) is 7.25. The summed E-state index contributed by atoms with van der Waals surface area (Å²) in [5, 5.41) is 11.0. The fourth-order valence-electron chi connectivity index (χ4n) is 1.92. The monoisotopic (exact) mass is 314 g/mol. The third-order valence-electron chi connectivity index (χ3n) is 3.22. The van der Waals surface area contributed by atoms with Crippen LogP contribution < -0.4 is 10.1 Å². The minimum Gasteiger partial charge on any atom is -0.493 e. The molecule has 1 aromatic heterocycles. The average molecular weight is 314 g/mol. The molecule has 0 amide bonds. The van der Waals surface area contributed by atoms with E-state index in [0.29, 0.717) is 18.0 Å². The third kappa shape index (κ3) is 5.14. The molecule has 0 bridgehead atoms. The zero-order valence-corrected chi connectivity index (χ0v) is 12.8. The highest BCUT2D eigenvalue weighted by Crippen LogP contribution is 2.17. The number of aryl methyl sites for hydroxylation is 1. The summed E-state index contributed by atoms with van der Waals surface area (Å²) in [6.07, 6.45) is 3.59. The lowest BCUT2D eigenvalue weighted by molar-refractivity contribution is -0.199. The number of rotatable bonds is 8. The fourth-order valence-corrected chi connectivity index (χ4v) is 1.92. The van der Waals surface area contributed by atoms with Gasteiger partial charge in [-0.05, 0) is 42.3 Å². The van der Waals surface area contributed by atoms with Crippen LogP contribution in [0.3, 0.4) is 0 Å². The number of benzene rings is 1. The number of hydrogen-bond acceptors (Lipinski definition) is 6. The Morgan fingerprint density at radius 3 is 2.61 bits per heavy atom. The van der Waals surface area contributed by atoms with Crippen LogP contribution in [0.1, 0.15) is 18.2 Å². The first kappa shape index (κ1) is 16.5. The van der Waals surface area contributed by atoms with Gasteiger partial charge in [0.15, 0.2) is 5.94 Å². The number of carbonyl (C=O) groups excluding carboxylic acids is 1. The van der Waals surface area contributed by atoms with Crippen LogP contribution >= 0.6 is 0 Å². The Morgan fingerprint density at radius 1 is 1.26 bits per heavy atom. The standard InChI is InChI=1S/C17H18N2O4/c1-2-13-3-4-14(18-11-13)9-10-22-16-7-5-15(6-8-16)19-17(12-20)23-21/h3-8,11,19,21H,2,9-10H2,1H3. The van der Waals surface area contributed by atoms with Crippen LogP contribution in [0.15, 0.2) is 48.5 Å². The molecule has 0 aliphatic carbocycles. The lowest BCUT2D eigenvalue weighted by Gasteiger charge is -2.08. The third-order valence-corrected chi connectivity index (χ3v) is 3.22. The van der Waals surface area contributed by atoms with Crippen LogP contribution in [0.5, 0.6) is 5.75 Å². The topological polar surface area (TPSA) is 80.7 Å². The minimum absolute atomic E-state index is 0.403. The Bertz CT molecular complexity index is 662. The molecule has 0 atom stereocenters. The van der Waals surface area contributed by atoms with E-state index in [1.807, 2.05) is 12.3 Å². The summed E-state index contributed by atoms with van der Waals surface area (Å²) in [5.74, 6) is 1.71. The van der Waals surface area contributed by atoms with Gasteiger partial charge in [-0.1, -0.05) is 13.0 Å². The molecule has 0 unspecified atom stereocenters. The Morgan fingerprint density at radius 2 is 2.04 bits per heavy atom. The van der Waals surface area contributed by atoms with Gasteiger partial charge in [0.05, 0.1) is 6.61 Å². The number of pyridine rings is 1. The van der Waals surface area contributed by atoms with E-state index < -0.39 is 5.88 Å². The maximum atomic E-state index is 10.4. The highest BCUT2D eigenvalue weighted by molar-refractivity contribution is 5.59. The SMILES string of the molecule is CCc1ccc(CCOc2ccc(NC(=C=O)OO)cc2)nc1. The lowest BCUT2D eigenvalue weighted by Crippen LogP contribution is -2.04. The van der Waals surface area contributed by atoms with Gasteiger partial charge in [-0.2, -0.15) is 0 Å². The first-order valence-electron chi connectivity index (χ1n) is 7.25. The molecule has 0 saturated carbocycles. The molecule has 0 aliphatic rings. The van der Waals surface area contributed by atoms with Gasteiger partial charge >= 0.3 is 5.88 Å². The van der Waals surface area contributed by atoms with E-state index in [-0.39, 0.29) is 0 Å². The smallest absolute Gasteiger partial charge is 0.319 e. The van der Waals surface area contributed by atoms with Gasteiger partial charge in [-0.3, -0.25) is 4.98 Å². The molecular formula is C17H18N2O4.